The zero-order valence-electron chi connectivity index (χ0n) is 9.04. The maximum absolute atomic E-state index is 11.0. The summed E-state index contributed by atoms with van der Waals surface area (Å²) in [6.07, 6.45) is 1.14. The second kappa shape index (κ2) is 5.79. The van der Waals surface area contributed by atoms with Gasteiger partial charge in [0, 0.05) is 12.5 Å². The molecule has 3 atom stereocenters. The van der Waals surface area contributed by atoms with Crippen molar-refractivity contribution in [1.29, 1.82) is 0 Å². The summed E-state index contributed by atoms with van der Waals surface area (Å²) in [6, 6.07) is 0. The Balaban J connectivity index is 2.49. The van der Waals surface area contributed by atoms with Crippen molar-refractivity contribution in [3.05, 3.63) is 23.8 Å². The van der Waals surface area contributed by atoms with Crippen molar-refractivity contribution in [3.8, 4) is 0 Å². The van der Waals surface area contributed by atoms with Gasteiger partial charge in [0.25, 0.3) is 0 Å². The van der Waals surface area contributed by atoms with E-state index in [0.29, 0.717) is 5.57 Å². The van der Waals surface area contributed by atoms with Crippen LogP contribution in [-0.4, -0.2) is 46.2 Å². The van der Waals surface area contributed by atoms with Crippen molar-refractivity contribution in [2.75, 3.05) is 6.61 Å². The number of hydrogen-bond acceptors (Lipinski definition) is 5. The molecule has 0 amide bonds. The first-order valence-electron chi connectivity index (χ1n) is 5.07. The third-order valence-corrected chi connectivity index (χ3v) is 2.32. The molecule has 0 aromatic carbocycles. The van der Waals surface area contributed by atoms with Crippen LogP contribution in [0.1, 0.15) is 13.3 Å². The van der Waals surface area contributed by atoms with E-state index in [1.807, 2.05) is 0 Å². The Hall–Kier alpha value is -1.17. The lowest BCUT2D eigenvalue weighted by atomic mass is 9.93. The number of carbonyl (C=O) groups is 1. The van der Waals surface area contributed by atoms with Crippen LogP contribution >= 0.6 is 0 Å². The van der Waals surface area contributed by atoms with E-state index in [-0.39, 0.29) is 13.0 Å². The summed E-state index contributed by atoms with van der Waals surface area (Å²) in [7, 11) is 0. The second-order valence-electron chi connectivity index (χ2n) is 3.69. The zero-order chi connectivity index (χ0) is 12.1. The average molecular weight is 228 g/mol. The lowest BCUT2D eigenvalue weighted by Gasteiger charge is -2.27. The van der Waals surface area contributed by atoms with Gasteiger partial charge in [0.05, 0.1) is 6.10 Å². The van der Waals surface area contributed by atoms with Crippen LogP contribution in [0.2, 0.25) is 0 Å². The quantitative estimate of drug-likeness (QED) is 0.345. The van der Waals surface area contributed by atoms with E-state index < -0.39 is 24.3 Å². The summed E-state index contributed by atoms with van der Waals surface area (Å²) in [5, 5.41) is 28.0. The number of rotatable bonds is 3. The highest BCUT2D eigenvalue weighted by Gasteiger charge is 2.29. The van der Waals surface area contributed by atoms with Gasteiger partial charge in [-0.15, -0.1) is 0 Å². The number of aliphatic hydroxyl groups excluding tert-OH is 3. The molecule has 1 aliphatic rings. The Morgan fingerprint density at radius 1 is 1.56 bits per heavy atom. The van der Waals surface area contributed by atoms with Crippen LogP contribution in [0.3, 0.4) is 0 Å². The topological polar surface area (TPSA) is 87.0 Å². The molecule has 2 unspecified atom stereocenters. The first kappa shape index (κ1) is 12.9. The third kappa shape index (κ3) is 3.44. The number of aliphatic hydroxyl groups is 3. The van der Waals surface area contributed by atoms with E-state index in [1.165, 1.54) is 12.2 Å². The van der Waals surface area contributed by atoms with Crippen molar-refractivity contribution in [3.63, 3.8) is 0 Å². The summed E-state index contributed by atoms with van der Waals surface area (Å²) in [5.74, 6) is -0.474. The molecule has 0 aromatic heterocycles. The average Bonchev–Trinajstić information content (AvgIpc) is 2.23. The maximum Gasteiger partial charge on any atom is 0.330 e. The van der Waals surface area contributed by atoms with E-state index in [4.69, 9.17) is 4.74 Å². The highest BCUT2D eigenvalue weighted by Crippen LogP contribution is 2.19. The minimum absolute atomic E-state index is 0.0179. The fourth-order valence-electron chi connectivity index (χ4n) is 1.48. The molecule has 0 aromatic rings. The number of carbonyl (C=O) groups excluding carboxylic acids is 1. The van der Waals surface area contributed by atoms with Gasteiger partial charge in [-0.3, -0.25) is 0 Å². The Labute approximate surface area is 93.7 Å². The summed E-state index contributed by atoms with van der Waals surface area (Å²) >= 11 is 0. The summed E-state index contributed by atoms with van der Waals surface area (Å²) < 4.78 is 4.86. The Morgan fingerprint density at radius 2 is 2.25 bits per heavy atom. The van der Waals surface area contributed by atoms with Crippen LogP contribution in [0.15, 0.2) is 23.8 Å². The lowest BCUT2D eigenvalue weighted by Crippen LogP contribution is -2.40. The smallest absolute Gasteiger partial charge is 0.330 e. The van der Waals surface area contributed by atoms with Gasteiger partial charge in [0.15, 0.2) is 0 Å². The van der Waals surface area contributed by atoms with E-state index in [2.05, 4.69) is 0 Å². The molecule has 0 saturated carbocycles. The highest BCUT2D eigenvalue weighted by molar-refractivity contribution is 5.81. The Bertz CT molecular complexity index is 307. The van der Waals surface area contributed by atoms with Gasteiger partial charge in [-0.1, -0.05) is 12.2 Å². The SMILES string of the molecule is CC=CC(=O)OCC1=CC(O)C(O)[C@H](O)C1. The largest absolute Gasteiger partial charge is 0.458 e. The van der Waals surface area contributed by atoms with Crippen LogP contribution in [0.5, 0.6) is 0 Å². The van der Waals surface area contributed by atoms with Crippen molar-refractivity contribution in [1.82, 2.24) is 0 Å². The van der Waals surface area contributed by atoms with E-state index in [1.54, 1.807) is 13.0 Å². The molecule has 0 aliphatic heterocycles. The molecule has 5 heteroatoms. The number of esters is 1. The second-order valence-corrected chi connectivity index (χ2v) is 3.69. The van der Waals surface area contributed by atoms with E-state index in [0.717, 1.165) is 0 Å². The van der Waals surface area contributed by atoms with Gasteiger partial charge in [0.1, 0.15) is 18.8 Å². The zero-order valence-corrected chi connectivity index (χ0v) is 9.04. The molecule has 90 valence electrons. The van der Waals surface area contributed by atoms with Gasteiger partial charge in [-0.25, -0.2) is 4.79 Å². The minimum atomic E-state index is -1.17. The van der Waals surface area contributed by atoms with Gasteiger partial charge in [-0.05, 0) is 12.5 Å². The van der Waals surface area contributed by atoms with E-state index in [9.17, 15) is 20.1 Å². The Morgan fingerprint density at radius 3 is 2.81 bits per heavy atom. The number of allylic oxidation sites excluding steroid dienone is 1. The van der Waals surface area contributed by atoms with Crippen LogP contribution in [0.25, 0.3) is 0 Å². The number of ether oxygens (including phenoxy) is 1. The maximum atomic E-state index is 11.0. The van der Waals surface area contributed by atoms with Gasteiger partial charge < -0.3 is 20.1 Å². The first-order chi connectivity index (χ1) is 7.54. The molecule has 0 bridgehead atoms. The van der Waals surface area contributed by atoms with Gasteiger partial charge >= 0.3 is 5.97 Å². The molecule has 1 rings (SSSR count). The fraction of sp³-hybridized carbons (Fsp3) is 0.545. The summed E-state index contributed by atoms with van der Waals surface area (Å²) in [5.41, 5.74) is 0.600. The van der Waals surface area contributed by atoms with Crippen molar-refractivity contribution in [2.45, 2.75) is 31.7 Å². The van der Waals surface area contributed by atoms with Crippen LogP contribution in [-0.2, 0) is 9.53 Å². The molecule has 5 nitrogen and oxygen atoms in total. The Kier molecular flexibility index (Phi) is 4.67. The van der Waals surface area contributed by atoms with Gasteiger partial charge in [0.2, 0.25) is 0 Å². The molecular weight excluding hydrogens is 212 g/mol. The molecule has 0 saturated heterocycles. The molecule has 16 heavy (non-hydrogen) atoms. The first-order valence-corrected chi connectivity index (χ1v) is 5.07. The van der Waals surface area contributed by atoms with Crippen molar-refractivity contribution < 1.29 is 24.9 Å². The predicted octanol–water partition coefficient (Wildman–Crippen LogP) is -0.482. The summed E-state index contributed by atoms with van der Waals surface area (Å²) in [4.78, 5) is 11.0. The minimum Gasteiger partial charge on any atom is -0.458 e. The molecule has 0 heterocycles. The molecule has 0 fully saturated rings. The molecular formula is C11H16O5. The van der Waals surface area contributed by atoms with Crippen LogP contribution in [0.4, 0.5) is 0 Å². The van der Waals surface area contributed by atoms with Gasteiger partial charge in [-0.2, -0.15) is 0 Å². The lowest BCUT2D eigenvalue weighted by molar-refractivity contribution is -0.137. The van der Waals surface area contributed by atoms with E-state index >= 15 is 0 Å². The van der Waals surface area contributed by atoms with Crippen LogP contribution < -0.4 is 0 Å². The number of hydrogen-bond donors (Lipinski definition) is 3. The monoisotopic (exact) mass is 228 g/mol. The predicted molar refractivity (Wildman–Crippen MR) is 56.5 cm³/mol. The third-order valence-electron chi connectivity index (χ3n) is 2.32. The fourth-order valence-corrected chi connectivity index (χ4v) is 1.48. The summed E-state index contributed by atoms with van der Waals surface area (Å²) in [6.45, 7) is 1.72. The van der Waals surface area contributed by atoms with Crippen LogP contribution in [0, 0.1) is 0 Å². The molecule has 3 N–H and O–H groups in total. The molecule has 0 spiro atoms. The normalized spacial score (nSPS) is 30.2. The van der Waals surface area contributed by atoms with Crippen molar-refractivity contribution in [2.24, 2.45) is 0 Å². The molecule has 1 aliphatic carbocycles. The van der Waals surface area contributed by atoms with Crippen molar-refractivity contribution >= 4 is 5.97 Å². The molecule has 0 radical (unpaired) electrons. The highest BCUT2D eigenvalue weighted by atomic mass is 16.5. The standard InChI is InChI=1S/C11H16O5/c1-2-3-10(14)16-6-7-4-8(12)11(15)9(13)5-7/h2-4,8-9,11-13,15H,5-6H2,1H3/t8?,9-,11?/m1/s1.